The number of nitrogen functional groups attached to an aromatic ring is 1. The Hall–Kier alpha value is -3.22. The minimum atomic E-state index is -0.480. The van der Waals surface area contributed by atoms with Gasteiger partial charge in [-0.05, 0) is 44.0 Å². The van der Waals surface area contributed by atoms with Crippen molar-refractivity contribution in [2.24, 2.45) is 0 Å². The molecule has 3 rings (SSSR count). The minimum Gasteiger partial charge on any atom is -0.393 e. The number of nitro groups is 1. The number of aryl methyl sites for hydroxylation is 3. The maximum Gasteiger partial charge on any atom is 0.293 e. The molecule has 24 heavy (non-hydrogen) atoms. The summed E-state index contributed by atoms with van der Waals surface area (Å²) in [5.74, 6) is 0.598. The topological polar surface area (TPSA) is 108 Å². The second-order valence-electron chi connectivity index (χ2n) is 5.60. The van der Waals surface area contributed by atoms with Gasteiger partial charge in [0.2, 0.25) is 0 Å². The number of rotatable bonds is 3. The van der Waals surface area contributed by atoms with Crippen LogP contribution in [0.25, 0.3) is 22.3 Å². The van der Waals surface area contributed by atoms with Crippen molar-refractivity contribution >= 4 is 11.4 Å². The van der Waals surface area contributed by atoms with Crippen LogP contribution in [0.2, 0.25) is 0 Å². The molecule has 2 N–H and O–H groups in total. The molecule has 1 aromatic carbocycles. The Balaban J connectivity index is 2.34. The summed E-state index contributed by atoms with van der Waals surface area (Å²) in [6, 6.07) is 5.11. The summed E-state index contributed by atoms with van der Waals surface area (Å²) in [5.41, 5.74) is 10.4. The quantitative estimate of drug-likeness (QED) is 0.446. The number of benzene rings is 1. The molecule has 7 heteroatoms. The summed E-state index contributed by atoms with van der Waals surface area (Å²) in [6.45, 7) is 5.47. The van der Waals surface area contributed by atoms with Gasteiger partial charge in [0.1, 0.15) is 11.4 Å². The number of nitro benzene ring substituents is 1. The predicted octanol–water partition coefficient (Wildman–Crippen LogP) is 3.82. The van der Waals surface area contributed by atoms with Crippen LogP contribution in [0.3, 0.4) is 0 Å². The van der Waals surface area contributed by atoms with Crippen molar-refractivity contribution in [1.29, 1.82) is 0 Å². The zero-order chi connectivity index (χ0) is 17.4. The van der Waals surface area contributed by atoms with E-state index in [4.69, 9.17) is 10.3 Å². The number of hydrogen-bond donors (Lipinski definition) is 1. The van der Waals surface area contributed by atoms with Gasteiger partial charge in [0, 0.05) is 35.2 Å². The fourth-order valence-corrected chi connectivity index (χ4v) is 2.80. The van der Waals surface area contributed by atoms with Gasteiger partial charge in [-0.15, -0.1) is 0 Å². The van der Waals surface area contributed by atoms with Crippen molar-refractivity contribution in [3.8, 4) is 22.3 Å². The molecule has 0 radical (unpaired) electrons. The molecule has 0 aliphatic heterocycles. The van der Waals surface area contributed by atoms with Crippen LogP contribution in [-0.2, 0) is 0 Å². The lowest BCUT2D eigenvalue weighted by Gasteiger charge is -2.11. The molecule has 0 aliphatic rings. The zero-order valence-electron chi connectivity index (χ0n) is 13.5. The largest absolute Gasteiger partial charge is 0.393 e. The van der Waals surface area contributed by atoms with Crippen molar-refractivity contribution in [2.45, 2.75) is 20.8 Å². The molecule has 122 valence electrons. The Morgan fingerprint density at radius 2 is 1.96 bits per heavy atom. The van der Waals surface area contributed by atoms with Crippen LogP contribution in [0.4, 0.5) is 11.4 Å². The Kier molecular flexibility index (Phi) is 3.76. The lowest BCUT2D eigenvalue weighted by atomic mass is 9.94. The van der Waals surface area contributed by atoms with Gasteiger partial charge in [-0.1, -0.05) is 5.16 Å². The van der Waals surface area contributed by atoms with E-state index in [0.717, 1.165) is 16.7 Å². The molecule has 0 atom stereocenters. The Morgan fingerprint density at radius 3 is 2.54 bits per heavy atom. The average molecular weight is 324 g/mol. The first-order valence-electron chi connectivity index (χ1n) is 7.32. The highest BCUT2D eigenvalue weighted by Gasteiger charge is 2.22. The molecule has 0 amide bonds. The summed E-state index contributed by atoms with van der Waals surface area (Å²) >= 11 is 0. The van der Waals surface area contributed by atoms with Crippen molar-refractivity contribution in [2.75, 3.05) is 5.73 Å². The lowest BCUT2D eigenvalue weighted by Crippen LogP contribution is -2.00. The van der Waals surface area contributed by atoms with E-state index < -0.39 is 4.92 Å². The SMILES string of the molecule is Cc1ccncc1-c1cc(-c2c(C)noc2C)cc([N+](=O)[O-])c1N. The first kappa shape index (κ1) is 15.7. The van der Waals surface area contributed by atoms with E-state index in [1.807, 2.05) is 19.1 Å². The number of nitrogens with two attached hydrogens (primary N) is 1. The van der Waals surface area contributed by atoms with Gasteiger partial charge in [0.25, 0.3) is 5.69 Å². The van der Waals surface area contributed by atoms with Crippen molar-refractivity contribution < 1.29 is 9.45 Å². The predicted molar refractivity (Wildman–Crippen MR) is 90.4 cm³/mol. The van der Waals surface area contributed by atoms with Crippen LogP contribution >= 0.6 is 0 Å². The molecular formula is C17H16N4O3. The standard InChI is InChI=1S/C17H16N4O3/c1-9-4-5-19-8-14(9)13-6-12(7-15(17(13)18)21(22)23)16-10(2)20-24-11(16)3/h4-8H,18H2,1-3H3. The fraction of sp³-hybridized carbons (Fsp3) is 0.176. The average Bonchev–Trinajstić information content (AvgIpc) is 2.87. The highest BCUT2D eigenvalue weighted by atomic mass is 16.6. The van der Waals surface area contributed by atoms with Crippen molar-refractivity contribution in [3.05, 3.63) is 57.7 Å². The number of anilines is 1. The molecule has 7 nitrogen and oxygen atoms in total. The second-order valence-corrected chi connectivity index (χ2v) is 5.60. The van der Waals surface area contributed by atoms with Crippen LogP contribution in [0.15, 0.2) is 35.1 Å². The Bertz CT molecular complexity index is 928. The number of aromatic nitrogens is 2. The van der Waals surface area contributed by atoms with Crippen molar-refractivity contribution in [3.63, 3.8) is 0 Å². The van der Waals surface area contributed by atoms with E-state index in [2.05, 4.69) is 10.1 Å². The summed E-state index contributed by atoms with van der Waals surface area (Å²) in [6.07, 6.45) is 3.32. The maximum absolute atomic E-state index is 11.5. The zero-order valence-corrected chi connectivity index (χ0v) is 13.5. The first-order chi connectivity index (χ1) is 11.4. The van der Waals surface area contributed by atoms with Gasteiger partial charge in [-0.3, -0.25) is 15.1 Å². The molecule has 0 aliphatic carbocycles. The molecule has 2 aromatic heterocycles. The van der Waals surface area contributed by atoms with Crippen molar-refractivity contribution in [1.82, 2.24) is 10.1 Å². The summed E-state index contributed by atoms with van der Waals surface area (Å²) in [5, 5.41) is 15.4. The van der Waals surface area contributed by atoms with Gasteiger partial charge in [0.05, 0.1) is 10.6 Å². The minimum absolute atomic E-state index is 0.117. The maximum atomic E-state index is 11.5. The normalized spacial score (nSPS) is 10.8. The van der Waals surface area contributed by atoms with E-state index in [9.17, 15) is 10.1 Å². The van der Waals surface area contributed by atoms with Gasteiger partial charge in [-0.2, -0.15) is 0 Å². The molecule has 3 aromatic rings. The summed E-state index contributed by atoms with van der Waals surface area (Å²) in [7, 11) is 0. The summed E-state index contributed by atoms with van der Waals surface area (Å²) < 4.78 is 5.19. The third-order valence-electron chi connectivity index (χ3n) is 4.01. The van der Waals surface area contributed by atoms with Gasteiger partial charge in [-0.25, -0.2) is 0 Å². The molecule has 0 spiro atoms. The molecule has 0 fully saturated rings. The van der Waals surface area contributed by atoms with Crippen LogP contribution in [0.5, 0.6) is 0 Å². The molecule has 0 bridgehead atoms. The van der Waals surface area contributed by atoms with Crippen LogP contribution in [0.1, 0.15) is 17.0 Å². The van der Waals surface area contributed by atoms with Crippen LogP contribution < -0.4 is 5.73 Å². The van der Waals surface area contributed by atoms with E-state index in [1.165, 1.54) is 6.07 Å². The number of pyridine rings is 1. The van der Waals surface area contributed by atoms with E-state index >= 15 is 0 Å². The highest BCUT2D eigenvalue weighted by molar-refractivity contribution is 5.89. The lowest BCUT2D eigenvalue weighted by molar-refractivity contribution is -0.383. The number of nitrogens with zero attached hydrogens (tertiary/aromatic N) is 3. The molecule has 2 heterocycles. The highest BCUT2D eigenvalue weighted by Crippen LogP contribution is 2.40. The summed E-state index contributed by atoms with van der Waals surface area (Å²) in [4.78, 5) is 15.1. The number of hydrogen-bond acceptors (Lipinski definition) is 6. The van der Waals surface area contributed by atoms with Crippen LogP contribution in [-0.4, -0.2) is 15.1 Å². The molecule has 0 unspecified atom stereocenters. The third-order valence-corrected chi connectivity index (χ3v) is 4.01. The van der Waals surface area contributed by atoms with E-state index in [1.54, 1.807) is 26.2 Å². The first-order valence-corrected chi connectivity index (χ1v) is 7.32. The fourth-order valence-electron chi connectivity index (χ4n) is 2.80. The molecular weight excluding hydrogens is 308 g/mol. The van der Waals surface area contributed by atoms with Crippen LogP contribution in [0, 0.1) is 30.9 Å². The van der Waals surface area contributed by atoms with Gasteiger partial charge >= 0.3 is 0 Å². The Morgan fingerprint density at radius 1 is 1.21 bits per heavy atom. The van der Waals surface area contributed by atoms with Gasteiger partial charge in [0.15, 0.2) is 0 Å². The Labute approximate surface area is 138 Å². The molecule has 0 saturated heterocycles. The molecule has 0 saturated carbocycles. The second kappa shape index (κ2) is 5.77. The van der Waals surface area contributed by atoms with E-state index in [0.29, 0.717) is 22.6 Å². The van der Waals surface area contributed by atoms with Gasteiger partial charge < -0.3 is 10.3 Å². The third kappa shape index (κ3) is 2.50. The van der Waals surface area contributed by atoms with E-state index in [-0.39, 0.29) is 11.4 Å². The monoisotopic (exact) mass is 324 g/mol. The smallest absolute Gasteiger partial charge is 0.293 e.